The molecule has 0 fully saturated rings. The summed E-state index contributed by atoms with van der Waals surface area (Å²) in [5.74, 6) is -5.66. The van der Waals surface area contributed by atoms with Gasteiger partial charge in [0, 0.05) is 12.8 Å². The monoisotopic (exact) mass is 390 g/mol. The lowest BCUT2D eigenvalue weighted by molar-refractivity contribution is -0.172. The molecule has 0 aromatic carbocycles. The van der Waals surface area contributed by atoms with E-state index in [0.717, 1.165) is 0 Å². The van der Waals surface area contributed by atoms with Crippen molar-refractivity contribution in [2.75, 3.05) is 0 Å². The Morgan fingerprint density at radius 2 is 0.769 bits per heavy atom. The Hall–Kier alpha value is -1.74. The summed E-state index contributed by atoms with van der Waals surface area (Å²) in [5, 5.41) is 0. The minimum Gasteiger partial charge on any atom is -0.299 e. The number of hydrogen-bond donors (Lipinski definition) is 0. The molecular formula is C16H20F6O4. The first-order valence-electron chi connectivity index (χ1n) is 8.07. The van der Waals surface area contributed by atoms with E-state index >= 15 is 0 Å². The largest absolute Gasteiger partial charge is 0.450 e. The van der Waals surface area contributed by atoms with Gasteiger partial charge in [0.15, 0.2) is 0 Å². The molecule has 0 saturated heterocycles. The zero-order valence-corrected chi connectivity index (χ0v) is 14.0. The number of hydrogen-bond acceptors (Lipinski definition) is 4. The highest BCUT2D eigenvalue weighted by Gasteiger charge is 2.39. The van der Waals surface area contributed by atoms with E-state index < -0.39 is 48.3 Å². The van der Waals surface area contributed by atoms with Crippen molar-refractivity contribution in [1.29, 1.82) is 0 Å². The highest BCUT2D eigenvalue weighted by molar-refractivity contribution is 6.02. The zero-order valence-electron chi connectivity index (χ0n) is 14.0. The average molecular weight is 390 g/mol. The fraction of sp³-hybridized carbons (Fsp3) is 0.750. The van der Waals surface area contributed by atoms with Gasteiger partial charge >= 0.3 is 12.4 Å². The average Bonchev–Trinajstić information content (AvgIpc) is 2.47. The first-order valence-corrected chi connectivity index (χ1v) is 8.07. The van der Waals surface area contributed by atoms with Crippen molar-refractivity contribution in [3.63, 3.8) is 0 Å². The second-order valence-electron chi connectivity index (χ2n) is 5.89. The molecule has 0 aromatic heterocycles. The molecule has 0 amide bonds. The molecule has 10 heteroatoms. The first kappa shape index (κ1) is 24.3. The van der Waals surface area contributed by atoms with Gasteiger partial charge in [-0.2, -0.15) is 26.3 Å². The van der Waals surface area contributed by atoms with Gasteiger partial charge in [-0.25, -0.2) is 0 Å². The molecule has 0 radical (unpaired) electrons. The third-order valence-electron chi connectivity index (χ3n) is 3.51. The smallest absolute Gasteiger partial charge is 0.299 e. The van der Waals surface area contributed by atoms with Crippen molar-refractivity contribution in [2.24, 2.45) is 0 Å². The fourth-order valence-electron chi connectivity index (χ4n) is 2.09. The Labute approximate surface area is 146 Å². The lowest BCUT2D eigenvalue weighted by Gasteiger charge is -2.05. The van der Waals surface area contributed by atoms with Crippen LogP contribution in [-0.2, 0) is 19.2 Å². The van der Waals surface area contributed by atoms with Gasteiger partial charge in [0.2, 0.25) is 11.6 Å². The molecule has 0 atom stereocenters. The third-order valence-corrected chi connectivity index (χ3v) is 3.51. The maximum Gasteiger partial charge on any atom is 0.450 e. The normalized spacial score (nSPS) is 12.1. The molecule has 0 heterocycles. The minimum atomic E-state index is -5.00. The summed E-state index contributed by atoms with van der Waals surface area (Å²) in [4.78, 5) is 43.6. The number of carbonyl (C=O) groups is 4. The molecule has 0 bridgehead atoms. The van der Waals surface area contributed by atoms with Crippen LogP contribution in [0.4, 0.5) is 26.3 Å². The summed E-state index contributed by atoms with van der Waals surface area (Å²) >= 11 is 0. The molecule has 150 valence electrons. The maximum absolute atomic E-state index is 12.0. The van der Waals surface area contributed by atoms with Crippen LogP contribution < -0.4 is 0 Å². The Kier molecular flexibility index (Phi) is 10.3. The van der Waals surface area contributed by atoms with Gasteiger partial charge in [0.1, 0.15) is 11.6 Å². The molecule has 26 heavy (non-hydrogen) atoms. The Morgan fingerprint density at radius 3 is 1.04 bits per heavy atom. The topological polar surface area (TPSA) is 68.3 Å². The molecule has 4 nitrogen and oxygen atoms in total. The van der Waals surface area contributed by atoms with E-state index in [1.54, 1.807) is 0 Å². The molecule has 0 unspecified atom stereocenters. The number of carbonyl (C=O) groups excluding carboxylic acids is 4. The summed E-state index contributed by atoms with van der Waals surface area (Å²) in [7, 11) is 0. The lowest BCUT2D eigenvalue weighted by Crippen LogP contribution is -2.25. The standard InChI is InChI=1S/C16H20F6O4/c17-15(18,19)13(25)9-11(23)7-5-3-1-2-4-6-8-12(24)10-14(26)16(20,21)22/h1-10H2. The summed E-state index contributed by atoms with van der Waals surface area (Å²) in [6, 6.07) is 0. The van der Waals surface area contributed by atoms with Crippen LogP contribution in [0.1, 0.15) is 64.2 Å². The van der Waals surface area contributed by atoms with Gasteiger partial charge < -0.3 is 0 Å². The Bertz CT molecular complexity index is 462. The number of Topliss-reactive ketones (excluding diaryl/α,β-unsaturated/α-hetero) is 4. The van der Waals surface area contributed by atoms with Crippen molar-refractivity contribution < 1.29 is 45.5 Å². The van der Waals surface area contributed by atoms with Crippen LogP contribution in [0.3, 0.4) is 0 Å². The Balaban J connectivity index is 3.65. The second kappa shape index (κ2) is 11.1. The van der Waals surface area contributed by atoms with E-state index in [4.69, 9.17) is 0 Å². The van der Waals surface area contributed by atoms with Crippen molar-refractivity contribution in [1.82, 2.24) is 0 Å². The fourth-order valence-corrected chi connectivity index (χ4v) is 2.09. The van der Waals surface area contributed by atoms with Crippen LogP contribution in [0.2, 0.25) is 0 Å². The second-order valence-corrected chi connectivity index (χ2v) is 5.89. The predicted octanol–water partition coefficient (Wildman–Crippen LogP) is 4.29. The number of rotatable bonds is 13. The van der Waals surface area contributed by atoms with Crippen molar-refractivity contribution in [3.8, 4) is 0 Å². The number of alkyl halides is 6. The van der Waals surface area contributed by atoms with E-state index in [0.29, 0.717) is 38.5 Å². The highest BCUT2D eigenvalue weighted by Crippen LogP contribution is 2.20. The van der Waals surface area contributed by atoms with E-state index in [9.17, 15) is 45.5 Å². The molecule has 0 spiro atoms. The lowest BCUT2D eigenvalue weighted by atomic mass is 10.0. The number of halogens is 6. The van der Waals surface area contributed by atoms with Gasteiger partial charge in [0.05, 0.1) is 12.8 Å². The van der Waals surface area contributed by atoms with Gasteiger partial charge in [-0.3, -0.25) is 19.2 Å². The van der Waals surface area contributed by atoms with E-state index in [-0.39, 0.29) is 12.8 Å². The van der Waals surface area contributed by atoms with Crippen molar-refractivity contribution in [2.45, 2.75) is 76.6 Å². The highest BCUT2D eigenvalue weighted by atomic mass is 19.4. The maximum atomic E-state index is 12.0. The SMILES string of the molecule is O=C(CCCCCCCCC(=O)CC(=O)C(F)(F)F)CC(=O)C(F)(F)F. The summed E-state index contributed by atoms with van der Waals surface area (Å²) in [6.07, 6.45) is -9.52. The van der Waals surface area contributed by atoms with Crippen LogP contribution in [-0.4, -0.2) is 35.5 Å². The molecular weight excluding hydrogens is 370 g/mol. The van der Waals surface area contributed by atoms with Crippen molar-refractivity contribution >= 4 is 23.1 Å². The van der Waals surface area contributed by atoms with Crippen LogP contribution in [0.15, 0.2) is 0 Å². The van der Waals surface area contributed by atoms with Crippen LogP contribution in [0, 0.1) is 0 Å². The number of ketones is 4. The third kappa shape index (κ3) is 11.8. The summed E-state index contributed by atoms with van der Waals surface area (Å²) < 4.78 is 71.7. The Morgan fingerprint density at radius 1 is 0.500 bits per heavy atom. The van der Waals surface area contributed by atoms with E-state index in [1.807, 2.05) is 0 Å². The minimum absolute atomic E-state index is 0.125. The van der Waals surface area contributed by atoms with Crippen LogP contribution >= 0.6 is 0 Å². The molecule has 0 N–H and O–H groups in total. The van der Waals surface area contributed by atoms with Gasteiger partial charge in [-0.05, 0) is 12.8 Å². The van der Waals surface area contributed by atoms with Crippen LogP contribution in [0.5, 0.6) is 0 Å². The molecule has 0 saturated carbocycles. The van der Waals surface area contributed by atoms with Crippen LogP contribution in [0.25, 0.3) is 0 Å². The zero-order chi connectivity index (χ0) is 20.4. The molecule has 0 aromatic rings. The van der Waals surface area contributed by atoms with Crippen molar-refractivity contribution in [3.05, 3.63) is 0 Å². The molecule has 0 aliphatic carbocycles. The number of unbranched alkanes of at least 4 members (excludes halogenated alkanes) is 5. The van der Waals surface area contributed by atoms with Gasteiger partial charge in [-0.1, -0.05) is 25.7 Å². The van der Waals surface area contributed by atoms with E-state index in [1.165, 1.54) is 0 Å². The van der Waals surface area contributed by atoms with Gasteiger partial charge in [-0.15, -0.1) is 0 Å². The molecule has 0 aliphatic heterocycles. The first-order chi connectivity index (χ1) is 11.8. The molecule has 0 rings (SSSR count). The molecule has 0 aliphatic rings. The van der Waals surface area contributed by atoms with Gasteiger partial charge in [0.25, 0.3) is 0 Å². The van der Waals surface area contributed by atoms with E-state index in [2.05, 4.69) is 0 Å². The summed E-state index contributed by atoms with van der Waals surface area (Å²) in [5.41, 5.74) is 0. The quantitative estimate of drug-likeness (QED) is 0.267. The predicted molar refractivity (Wildman–Crippen MR) is 78.3 cm³/mol. The summed E-state index contributed by atoms with van der Waals surface area (Å²) in [6.45, 7) is 0.